The number of hydrogen-bond acceptors (Lipinski definition) is 2. The monoisotopic (exact) mass is 261 g/mol. The van der Waals surface area contributed by atoms with Gasteiger partial charge in [-0.05, 0) is 17.7 Å². The maximum atomic E-state index is 11.8. The highest BCUT2D eigenvalue weighted by atomic mass is 19.4. The summed E-state index contributed by atoms with van der Waals surface area (Å²) in [5.74, 6) is -2.22. The molecule has 0 radical (unpaired) electrons. The zero-order chi connectivity index (χ0) is 13.8. The SMILES string of the molecule is O=C(CC(F)(F)F)NCc1ccc(C(=O)O)cc1. The molecule has 0 aliphatic heterocycles. The van der Waals surface area contributed by atoms with Crippen molar-refractivity contribution in [2.75, 3.05) is 0 Å². The van der Waals surface area contributed by atoms with Crippen LogP contribution >= 0.6 is 0 Å². The van der Waals surface area contributed by atoms with Crippen molar-refractivity contribution in [3.8, 4) is 0 Å². The van der Waals surface area contributed by atoms with Gasteiger partial charge >= 0.3 is 12.1 Å². The van der Waals surface area contributed by atoms with Gasteiger partial charge in [0.25, 0.3) is 0 Å². The predicted octanol–water partition coefficient (Wildman–Crippen LogP) is 1.95. The van der Waals surface area contributed by atoms with E-state index in [1.54, 1.807) is 0 Å². The minimum absolute atomic E-state index is 0.0698. The standard InChI is InChI=1S/C11H10F3NO3/c12-11(13,14)5-9(16)15-6-7-1-3-8(4-2-7)10(17)18/h1-4H,5-6H2,(H,15,16)(H,17,18). The number of amides is 1. The molecule has 0 saturated carbocycles. The van der Waals surface area contributed by atoms with Crippen LogP contribution in [0.5, 0.6) is 0 Å². The molecule has 1 aromatic carbocycles. The number of carbonyl (C=O) groups excluding carboxylic acids is 1. The minimum Gasteiger partial charge on any atom is -0.478 e. The van der Waals surface area contributed by atoms with Crippen molar-refractivity contribution in [2.24, 2.45) is 0 Å². The van der Waals surface area contributed by atoms with Crippen molar-refractivity contribution in [2.45, 2.75) is 19.1 Å². The van der Waals surface area contributed by atoms with Crippen molar-refractivity contribution < 1.29 is 27.9 Å². The van der Waals surface area contributed by atoms with Gasteiger partial charge in [0.05, 0.1) is 5.56 Å². The van der Waals surface area contributed by atoms with E-state index in [1.165, 1.54) is 24.3 Å². The molecule has 0 aromatic heterocycles. The molecule has 7 heteroatoms. The molecule has 98 valence electrons. The summed E-state index contributed by atoms with van der Waals surface area (Å²) in [6, 6.07) is 5.48. The number of halogens is 3. The number of nitrogens with one attached hydrogen (secondary N) is 1. The van der Waals surface area contributed by atoms with E-state index < -0.39 is 24.5 Å². The molecule has 0 atom stereocenters. The zero-order valence-corrected chi connectivity index (χ0v) is 9.12. The summed E-state index contributed by atoms with van der Waals surface area (Å²) in [5.41, 5.74) is 0.593. The van der Waals surface area contributed by atoms with E-state index in [0.717, 1.165) is 0 Å². The van der Waals surface area contributed by atoms with E-state index in [9.17, 15) is 22.8 Å². The van der Waals surface area contributed by atoms with E-state index in [2.05, 4.69) is 5.32 Å². The Morgan fingerprint density at radius 1 is 1.17 bits per heavy atom. The number of alkyl halides is 3. The lowest BCUT2D eigenvalue weighted by Gasteiger charge is -2.07. The summed E-state index contributed by atoms with van der Waals surface area (Å²) in [6.07, 6.45) is -6.06. The molecule has 0 fully saturated rings. The quantitative estimate of drug-likeness (QED) is 0.870. The van der Waals surface area contributed by atoms with E-state index >= 15 is 0 Å². The molecule has 1 rings (SSSR count). The first-order valence-corrected chi connectivity index (χ1v) is 4.93. The lowest BCUT2D eigenvalue weighted by Crippen LogP contribution is -2.28. The number of benzene rings is 1. The number of carbonyl (C=O) groups is 2. The highest BCUT2D eigenvalue weighted by molar-refractivity contribution is 5.87. The molecule has 0 bridgehead atoms. The Hall–Kier alpha value is -2.05. The average molecular weight is 261 g/mol. The number of carboxylic acid groups (broad SMARTS) is 1. The Labute approximate surface area is 100 Å². The smallest absolute Gasteiger partial charge is 0.397 e. The molecule has 1 aromatic rings. The molecule has 18 heavy (non-hydrogen) atoms. The maximum Gasteiger partial charge on any atom is 0.397 e. The average Bonchev–Trinajstić information content (AvgIpc) is 2.24. The third-order valence-corrected chi connectivity index (χ3v) is 2.05. The normalized spacial score (nSPS) is 11.1. The van der Waals surface area contributed by atoms with Gasteiger partial charge in [-0.1, -0.05) is 12.1 Å². The molecule has 0 saturated heterocycles. The van der Waals surface area contributed by atoms with Gasteiger partial charge in [0, 0.05) is 6.54 Å². The number of aromatic carboxylic acids is 1. The number of hydrogen-bond donors (Lipinski definition) is 2. The highest BCUT2D eigenvalue weighted by Gasteiger charge is 2.30. The van der Waals surface area contributed by atoms with Gasteiger partial charge in [-0.3, -0.25) is 4.79 Å². The first-order valence-electron chi connectivity index (χ1n) is 4.93. The van der Waals surface area contributed by atoms with Crippen LogP contribution in [0.15, 0.2) is 24.3 Å². The van der Waals surface area contributed by atoms with Gasteiger partial charge < -0.3 is 10.4 Å². The lowest BCUT2D eigenvalue weighted by molar-refractivity contribution is -0.153. The fraction of sp³-hybridized carbons (Fsp3) is 0.273. The molecule has 2 N–H and O–H groups in total. The molecule has 1 amide bonds. The maximum absolute atomic E-state index is 11.8. The van der Waals surface area contributed by atoms with Crippen LogP contribution in [-0.4, -0.2) is 23.2 Å². The lowest BCUT2D eigenvalue weighted by atomic mass is 10.1. The predicted molar refractivity (Wildman–Crippen MR) is 55.9 cm³/mol. The van der Waals surface area contributed by atoms with Crippen molar-refractivity contribution in [1.29, 1.82) is 0 Å². The van der Waals surface area contributed by atoms with E-state index in [0.29, 0.717) is 5.56 Å². The summed E-state index contributed by atoms with van der Waals surface area (Å²) in [5, 5.41) is 10.7. The number of carboxylic acids is 1. The second-order valence-corrected chi connectivity index (χ2v) is 3.57. The van der Waals surface area contributed by atoms with Crippen LogP contribution in [0.2, 0.25) is 0 Å². The highest BCUT2D eigenvalue weighted by Crippen LogP contribution is 2.18. The molecule has 0 unspecified atom stereocenters. The van der Waals surface area contributed by atoms with Gasteiger partial charge in [-0.25, -0.2) is 4.79 Å². The third-order valence-electron chi connectivity index (χ3n) is 2.05. The summed E-state index contributed by atoms with van der Waals surface area (Å²) < 4.78 is 35.5. The van der Waals surface area contributed by atoms with Crippen molar-refractivity contribution in [3.05, 3.63) is 35.4 Å². The van der Waals surface area contributed by atoms with Gasteiger partial charge in [-0.2, -0.15) is 13.2 Å². The topological polar surface area (TPSA) is 66.4 Å². The Bertz CT molecular complexity index is 440. The summed E-state index contributed by atoms with van der Waals surface area (Å²) >= 11 is 0. The minimum atomic E-state index is -4.53. The Balaban J connectivity index is 2.49. The van der Waals surface area contributed by atoms with Crippen molar-refractivity contribution in [3.63, 3.8) is 0 Å². The number of rotatable bonds is 4. The van der Waals surface area contributed by atoms with E-state index in [-0.39, 0.29) is 12.1 Å². The molecular weight excluding hydrogens is 251 g/mol. The van der Waals surface area contributed by atoms with Crippen LogP contribution in [-0.2, 0) is 11.3 Å². The van der Waals surface area contributed by atoms with Gasteiger partial charge in [0.1, 0.15) is 6.42 Å². The molecule has 0 aliphatic rings. The second-order valence-electron chi connectivity index (χ2n) is 3.57. The van der Waals surface area contributed by atoms with Gasteiger partial charge in [0.2, 0.25) is 5.91 Å². The van der Waals surface area contributed by atoms with Crippen LogP contribution in [0, 0.1) is 0 Å². The molecular formula is C11H10F3NO3. The third kappa shape index (κ3) is 4.86. The van der Waals surface area contributed by atoms with Crippen LogP contribution in [0.25, 0.3) is 0 Å². The Kier molecular flexibility index (Phi) is 4.30. The summed E-state index contributed by atoms with van der Waals surface area (Å²) in [4.78, 5) is 21.4. The molecule has 0 spiro atoms. The Morgan fingerprint density at radius 2 is 1.72 bits per heavy atom. The summed E-state index contributed by atoms with van der Waals surface area (Å²) in [7, 11) is 0. The second kappa shape index (κ2) is 5.52. The summed E-state index contributed by atoms with van der Waals surface area (Å²) in [6.45, 7) is -0.0746. The fourth-order valence-corrected chi connectivity index (χ4v) is 1.21. The Morgan fingerprint density at radius 3 is 2.17 bits per heavy atom. The first kappa shape index (κ1) is 14.0. The van der Waals surface area contributed by atoms with E-state index in [4.69, 9.17) is 5.11 Å². The van der Waals surface area contributed by atoms with Crippen LogP contribution < -0.4 is 5.32 Å². The molecule has 0 heterocycles. The molecule has 0 aliphatic carbocycles. The van der Waals surface area contributed by atoms with E-state index in [1.807, 2.05) is 0 Å². The van der Waals surface area contributed by atoms with Gasteiger partial charge in [0.15, 0.2) is 0 Å². The first-order chi connectivity index (χ1) is 8.28. The van der Waals surface area contributed by atoms with Crippen molar-refractivity contribution >= 4 is 11.9 Å². The van der Waals surface area contributed by atoms with Crippen molar-refractivity contribution in [1.82, 2.24) is 5.32 Å². The fourth-order valence-electron chi connectivity index (χ4n) is 1.21. The molecule has 4 nitrogen and oxygen atoms in total. The van der Waals surface area contributed by atoms with Crippen LogP contribution in [0.3, 0.4) is 0 Å². The largest absolute Gasteiger partial charge is 0.478 e. The van der Waals surface area contributed by atoms with Crippen LogP contribution in [0.1, 0.15) is 22.3 Å². The van der Waals surface area contributed by atoms with Gasteiger partial charge in [-0.15, -0.1) is 0 Å². The zero-order valence-electron chi connectivity index (χ0n) is 9.12. The van der Waals surface area contributed by atoms with Crippen LogP contribution in [0.4, 0.5) is 13.2 Å².